The number of ketones is 1. The van der Waals surface area contributed by atoms with E-state index in [4.69, 9.17) is 9.47 Å². The Kier molecular flexibility index (Phi) is 3.08. The molecule has 0 aromatic carbocycles. The van der Waals surface area contributed by atoms with Crippen molar-refractivity contribution in [2.45, 2.75) is 58.2 Å². The molecule has 0 radical (unpaired) electrons. The van der Waals surface area contributed by atoms with Crippen molar-refractivity contribution in [1.82, 2.24) is 0 Å². The molecule has 5 rings (SSSR count). The summed E-state index contributed by atoms with van der Waals surface area (Å²) in [4.78, 5) is 11.8. The molecule has 5 aliphatic rings. The van der Waals surface area contributed by atoms with Crippen LogP contribution in [-0.4, -0.2) is 24.8 Å². The maximum atomic E-state index is 11.8. The van der Waals surface area contributed by atoms with Crippen LogP contribution in [0.5, 0.6) is 0 Å². The first-order chi connectivity index (χ1) is 11.5. The third-order valence-electron chi connectivity index (χ3n) is 8.35. The highest BCUT2D eigenvalue weighted by atomic mass is 16.7. The van der Waals surface area contributed by atoms with Crippen LogP contribution in [0, 0.1) is 28.6 Å². The highest BCUT2D eigenvalue weighted by molar-refractivity contribution is 6.01. The molecule has 1 saturated heterocycles. The molecule has 0 bridgehead atoms. The second-order valence-corrected chi connectivity index (χ2v) is 9.05. The molecule has 130 valence electrons. The van der Waals surface area contributed by atoms with Gasteiger partial charge in [-0.3, -0.25) is 4.79 Å². The van der Waals surface area contributed by atoms with Crippen molar-refractivity contribution in [1.29, 1.82) is 0 Å². The Labute approximate surface area is 144 Å². The van der Waals surface area contributed by atoms with E-state index >= 15 is 0 Å². The molecule has 3 saturated carbocycles. The second kappa shape index (κ2) is 4.82. The van der Waals surface area contributed by atoms with E-state index in [1.165, 1.54) is 31.3 Å². The first kappa shape index (κ1) is 15.3. The van der Waals surface area contributed by atoms with E-state index in [9.17, 15) is 4.79 Å². The van der Waals surface area contributed by atoms with E-state index in [2.05, 4.69) is 19.9 Å². The Bertz CT molecular complexity index is 641. The highest BCUT2D eigenvalue weighted by Crippen LogP contribution is 2.68. The van der Waals surface area contributed by atoms with Gasteiger partial charge >= 0.3 is 0 Å². The molecule has 3 nitrogen and oxygen atoms in total. The summed E-state index contributed by atoms with van der Waals surface area (Å²) < 4.78 is 12.4. The van der Waals surface area contributed by atoms with Crippen molar-refractivity contribution in [3.63, 3.8) is 0 Å². The average molecular weight is 328 g/mol. The molecule has 4 aliphatic carbocycles. The van der Waals surface area contributed by atoms with Gasteiger partial charge in [-0.25, -0.2) is 0 Å². The fourth-order valence-corrected chi connectivity index (χ4v) is 7.08. The smallest absolute Gasteiger partial charge is 0.178 e. The number of hydrogen-bond donors (Lipinski definition) is 0. The van der Waals surface area contributed by atoms with Crippen LogP contribution in [-0.2, 0) is 14.3 Å². The van der Waals surface area contributed by atoms with E-state index in [0.717, 1.165) is 32.0 Å². The zero-order valence-electron chi connectivity index (χ0n) is 14.8. The van der Waals surface area contributed by atoms with Gasteiger partial charge in [0.25, 0.3) is 0 Å². The number of fused-ring (bicyclic) bond motifs is 6. The first-order valence-corrected chi connectivity index (χ1v) is 9.71. The zero-order valence-corrected chi connectivity index (χ0v) is 14.8. The average Bonchev–Trinajstić information content (AvgIpc) is 3.15. The Morgan fingerprint density at radius 1 is 1.04 bits per heavy atom. The lowest BCUT2D eigenvalue weighted by Gasteiger charge is -2.57. The molecule has 0 N–H and O–H groups in total. The zero-order chi connectivity index (χ0) is 16.6. The molecule has 24 heavy (non-hydrogen) atoms. The van der Waals surface area contributed by atoms with E-state index in [0.29, 0.717) is 11.8 Å². The molecule has 4 unspecified atom stereocenters. The predicted octanol–water partition coefficient (Wildman–Crippen LogP) is 4.04. The number of hydrogen-bond acceptors (Lipinski definition) is 3. The number of rotatable bonds is 0. The van der Waals surface area contributed by atoms with Crippen molar-refractivity contribution in [2.24, 2.45) is 28.6 Å². The summed E-state index contributed by atoms with van der Waals surface area (Å²) >= 11 is 0. The van der Waals surface area contributed by atoms with Crippen LogP contribution in [0.3, 0.4) is 0 Å². The maximum Gasteiger partial charge on any atom is 0.178 e. The van der Waals surface area contributed by atoms with Crippen molar-refractivity contribution in [2.75, 3.05) is 13.2 Å². The summed E-state index contributed by atoms with van der Waals surface area (Å²) in [6.07, 6.45) is 12.9. The predicted molar refractivity (Wildman–Crippen MR) is 91.3 cm³/mol. The molecule has 0 aromatic heterocycles. The van der Waals surface area contributed by atoms with Gasteiger partial charge in [-0.2, -0.15) is 0 Å². The fourth-order valence-electron chi connectivity index (χ4n) is 7.08. The van der Waals surface area contributed by atoms with Crippen LogP contribution in [0.1, 0.15) is 52.4 Å². The quantitative estimate of drug-likeness (QED) is 0.673. The Morgan fingerprint density at radius 2 is 1.79 bits per heavy atom. The minimum Gasteiger partial charge on any atom is -0.347 e. The summed E-state index contributed by atoms with van der Waals surface area (Å²) in [6.45, 7) is 6.31. The van der Waals surface area contributed by atoms with E-state index in [-0.39, 0.29) is 22.4 Å². The molecule has 0 aromatic rings. The van der Waals surface area contributed by atoms with Gasteiger partial charge in [0, 0.05) is 17.3 Å². The highest BCUT2D eigenvalue weighted by Gasteiger charge is 2.66. The van der Waals surface area contributed by atoms with Crippen LogP contribution in [0.4, 0.5) is 0 Å². The largest absolute Gasteiger partial charge is 0.347 e. The lowest BCUT2D eigenvalue weighted by atomic mass is 9.48. The molecule has 1 aliphatic heterocycles. The third kappa shape index (κ3) is 1.73. The van der Waals surface area contributed by atoms with Crippen molar-refractivity contribution in [3.8, 4) is 0 Å². The van der Waals surface area contributed by atoms with Gasteiger partial charge in [0.05, 0.1) is 13.2 Å². The molecule has 1 spiro atoms. The van der Waals surface area contributed by atoms with Gasteiger partial charge < -0.3 is 9.47 Å². The minimum atomic E-state index is -0.308. The molecule has 1 heterocycles. The number of ether oxygens (including phenoxy) is 2. The van der Waals surface area contributed by atoms with Crippen LogP contribution in [0.15, 0.2) is 23.8 Å². The van der Waals surface area contributed by atoms with Crippen LogP contribution in [0.2, 0.25) is 0 Å². The summed E-state index contributed by atoms with van der Waals surface area (Å²) in [6, 6.07) is 0. The Hall–Kier alpha value is -0.930. The van der Waals surface area contributed by atoms with Gasteiger partial charge in [0.15, 0.2) is 11.6 Å². The summed E-state index contributed by atoms with van der Waals surface area (Å²) in [5.74, 6) is 1.96. The SMILES string of the molecule is CC12C=CC(=O)C=C1CCC1C2CC[C@@]2(C)C1CCC21OCCO1. The normalized spacial score (nSPS) is 48.8. The lowest BCUT2D eigenvalue weighted by Crippen LogP contribution is -2.54. The van der Waals surface area contributed by atoms with Crippen LogP contribution < -0.4 is 0 Å². The lowest BCUT2D eigenvalue weighted by molar-refractivity contribution is -0.241. The number of carbonyl (C=O) groups excluding carboxylic acids is 1. The Morgan fingerprint density at radius 3 is 2.58 bits per heavy atom. The van der Waals surface area contributed by atoms with Gasteiger partial charge in [-0.05, 0) is 62.0 Å². The monoisotopic (exact) mass is 328 g/mol. The van der Waals surface area contributed by atoms with Gasteiger partial charge in [-0.1, -0.05) is 25.5 Å². The summed E-state index contributed by atoms with van der Waals surface area (Å²) in [7, 11) is 0. The van der Waals surface area contributed by atoms with Crippen molar-refractivity contribution >= 4 is 5.78 Å². The molecule has 5 atom stereocenters. The van der Waals surface area contributed by atoms with Gasteiger partial charge in [0.1, 0.15) is 0 Å². The van der Waals surface area contributed by atoms with Crippen molar-refractivity contribution < 1.29 is 14.3 Å². The van der Waals surface area contributed by atoms with E-state index in [1.807, 2.05) is 6.08 Å². The van der Waals surface area contributed by atoms with Crippen molar-refractivity contribution in [3.05, 3.63) is 23.8 Å². The van der Waals surface area contributed by atoms with E-state index < -0.39 is 0 Å². The standard InChI is InChI=1S/C21H28O3/c1-19-8-5-15(22)13-14(19)3-4-16-17(19)6-9-20(2)18(16)7-10-21(20)23-11-12-24-21/h5,8,13,16-18H,3-4,6-7,9-12H2,1-2H3/t16?,17?,18?,19?,20-/m0/s1. The fraction of sp³-hybridized carbons (Fsp3) is 0.762. The minimum absolute atomic E-state index is 0.0886. The van der Waals surface area contributed by atoms with Crippen LogP contribution >= 0.6 is 0 Å². The number of allylic oxidation sites excluding steroid dienone is 4. The topological polar surface area (TPSA) is 35.5 Å². The third-order valence-corrected chi connectivity index (χ3v) is 8.35. The van der Waals surface area contributed by atoms with Crippen LogP contribution in [0.25, 0.3) is 0 Å². The second-order valence-electron chi connectivity index (χ2n) is 9.05. The maximum absolute atomic E-state index is 11.8. The van der Waals surface area contributed by atoms with Gasteiger partial charge in [0.2, 0.25) is 0 Å². The molecule has 3 heteroatoms. The Balaban J connectivity index is 1.51. The van der Waals surface area contributed by atoms with E-state index in [1.54, 1.807) is 6.08 Å². The molecular formula is C21H28O3. The molecule has 0 amide bonds. The first-order valence-electron chi connectivity index (χ1n) is 9.71. The number of carbonyl (C=O) groups is 1. The molecular weight excluding hydrogens is 300 g/mol. The summed E-state index contributed by atoms with van der Waals surface area (Å²) in [5.41, 5.74) is 1.63. The van der Waals surface area contributed by atoms with Gasteiger partial charge in [-0.15, -0.1) is 0 Å². The summed E-state index contributed by atoms with van der Waals surface area (Å²) in [5, 5.41) is 0. The molecule has 4 fully saturated rings.